The van der Waals surface area contributed by atoms with Crippen LogP contribution in [0.15, 0.2) is 66.4 Å². The second kappa shape index (κ2) is 8.05. The zero-order valence-electron chi connectivity index (χ0n) is 17.9. The molecule has 0 radical (unpaired) electrons. The molecule has 0 bridgehead atoms. The lowest BCUT2D eigenvalue weighted by Gasteiger charge is -2.18. The van der Waals surface area contributed by atoms with Crippen LogP contribution in [-0.2, 0) is 9.59 Å². The van der Waals surface area contributed by atoms with Crippen LogP contribution >= 0.6 is 11.6 Å². The van der Waals surface area contributed by atoms with E-state index in [1.807, 2.05) is 70.2 Å². The number of hydrogen-bond acceptors (Lipinski definition) is 3. The number of imide groups is 1. The third kappa shape index (κ3) is 3.75. The number of nitrogens with one attached hydrogen (secondary N) is 1. The van der Waals surface area contributed by atoms with Gasteiger partial charge in [0.05, 0.1) is 11.3 Å². The molecule has 4 rings (SSSR count). The minimum absolute atomic E-state index is 0.275. The topological polar surface area (TPSA) is 49.4 Å². The fraction of sp³-hybridized carbons (Fsp3) is 0.154. The van der Waals surface area contributed by atoms with Crippen molar-refractivity contribution in [2.45, 2.75) is 27.7 Å². The number of halogens is 1. The fourth-order valence-electron chi connectivity index (χ4n) is 3.75. The molecule has 0 aromatic heterocycles. The molecule has 3 aromatic carbocycles. The van der Waals surface area contributed by atoms with Crippen molar-refractivity contribution in [3.8, 4) is 0 Å². The highest BCUT2D eigenvalue weighted by molar-refractivity contribution is 6.46. The molecule has 1 aliphatic rings. The Bertz CT molecular complexity index is 1260. The number of carbonyl (C=O) groups is 2. The molecule has 1 heterocycles. The first kappa shape index (κ1) is 20.9. The summed E-state index contributed by atoms with van der Waals surface area (Å²) >= 11 is 6.10. The molecule has 4 nitrogen and oxygen atoms in total. The maximum atomic E-state index is 13.6. The summed E-state index contributed by atoms with van der Waals surface area (Å²) in [5.74, 6) is -0.735. The first-order valence-electron chi connectivity index (χ1n) is 10.1. The standard InChI is InChI=1S/C26H23ClN2O2/c1-15-9-10-19(13-17(15)3)23-24(28-21-8-6-5-7-16(21)2)26(31)29(25(23)30)22-12-11-20(27)14-18(22)4/h5-14,28H,1-4H3. The summed E-state index contributed by atoms with van der Waals surface area (Å²) in [6, 6.07) is 18.6. The van der Waals surface area contributed by atoms with Crippen LogP contribution in [0.1, 0.15) is 27.8 Å². The highest BCUT2D eigenvalue weighted by Gasteiger charge is 2.41. The Morgan fingerprint density at radius 1 is 0.742 bits per heavy atom. The van der Waals surface area contributed by atoms with Crippen molar-refractivity contribution in [1.82, 2.24) is 0 Å². The fourth-order valence-corrected chi connectivity index (χ4v) is 3.97. The van der Waals surface area contributed by atoms with Crippen LogP contribution < -0.4 is 10.2 Å². The van der Waals surface area contributed by atoms with Crippen molar-refractivity contribution < 1.29 is 9.59 Å². The predicted octanol–water partition coefficient (Wildman–Crippen LogP) is 5.97. The summed E-state index contributed by atoms with van der Waals surface area (Å²) in [4.78, 5) is 28.4. The van der Waals surface area contributed by atoms with E-state index in [1.165, 1.54) is 4.90 Å². The van der Waals surface area contributed by atoms with E-state index < -0.39 is 0 Å². The molecule has 0 aliphatic carbocycles. The molecule has 2 amide bonds. The van der Waals surface area contributed by atoms with Crippen molar-refractivity contribution >= 4 is 40.4 Å². The first-order valence-corrected chi connectivity index (χ1v) is 10.4. The van der Waals surface area contributed by atoms with Gasteiger partial charge in [-0.15, -0.1) is 0 Å². The average molecular weight is 431 g/mol. The molecule has 0 unspecified atom stereocenters. The van der Waals surface area contributed by atoms with Gasteiger partial charge >= 0.3 is 0 Å². The smallest absolute Gasteiger partial charge is 0.282 e. The molecule has 31 heavy (non-hydrogen) atoms. The summed E-state index contributed by atoms with van der Waals surface area (Å²) in [6.45, 7) is 7.81. The number of carbonyl (C=O) groups excluding carboxylic acids is 2. The summed E-state index contributed by atoms with van der Waals surface area (Å²) in [7, 11) is 0. The molecule has 0 atom stereocenters. The van der Waals surface area contributed by atoms with Gasteiger partial charge < -0.3 is 5.32 Å². The van der Waals surface area contributed by atoms with Crippen LogP contribution in [0, 0.1) is 27.7 Å². The molecular formula is C26H23ClN2O2. The minimum atomic E-state index is -0.382. The number of benzene rings is 3. The zero-order valence-corrected chi connectivity index (χ0v) is 18.7. The van der Waals surface area contributed by atoms with Crippen molar-refractivity contribution in [2.75, 3.05) is 10.2 Å². The lowest BCUT2D eigenvalue weighted by molar-refractivity contribution is -0.120. The molecule has 0 saturated heterocycles. The molecule has 1 N–H and O–H groups in total. The lowest BCUT2D eigenvalue weighted by Crippen LogP contribution is -2.33. The van der Waals surface area contributed by atoms with E-state index in [0.29, 0.717) is 21.8 Å². The third-order valence-electron chi connectivity index (χ3n) is 5.68. The Labute approximate surface area is 187 Å². The van der Waals surface area contributed by atoms with Crippen LogP contribution in [0.25, 0.3) is 5.57 Å². The van der Waals surface area contributed by atoms with E-state index in [-0.39, 0.29) is 17.5 Å². The molecule has 5 heteroatoms. The Morgan fingerprint density at radius 2 is 1.48 bits per heavy atom. The first-order chi connectivity index (χ1) is 14.8. The van der Waals surface area contributed by atoms with Gasteiger partial charge in [0.1, 0.15) is 5.70 Å². The summed E-state index contributed by atoms with van der Waals surface area (Å²) < 4.78 is 0. The molecule has 156 valence electrons. The zero-order chi connectivity index (χ0) is 22.3. The summed E-state index contributed by atoms with van der Waals surface area (Å²) in [5, 5.41) is 3.80. The van der Waals surface area contributed by atoms with E-state index in [0.717, 1.165) is 27.9 Å². The molecule has 0 fully saturated rings. The van der Waals surface area contributed by atoms with Gasteiger partial charge in [-0.25, -0.2) is 4.90 Å². The highest BCUT2D eigenvalue weighted by Crippen LogP contribution is 2.36. The Balaban J connectivity index is 1.88. The normalized spacial score (nSPS) is 13.9. The molecule has 3 aromatic rings. The lowest BCUT2D eigenvalue weighted by atomic mass is 9.99. The Kier molecular flexibility index (Phi) is 5.42. The highest BCUT2D eigenvalue weighted by atomic mass is 35.5. The molecular weight excluding hydrogens is 408 g/mol. The van der Waals surface area contributed by atoms with Crippen molar-refractivity contribution in [3.63, 3.8) is 0 Å². The van der Waals surface area contributed by atoms with Gasteiger partial charge in [0, 0.05) is 10.7 Å². The quantitative estimate of drug-likeness (QED) is 0.518. The van der Waals surface area contributed by atoms with Crippen molar-refractivity contribution in [3.05, 3.63) is 99.2 Å². The molecule has 0 spiro atoms. The van der Waals surface area contributed by atoms with Crippen LogP contribution in [0.2, 0.25) is 5.02 Å². The van der Waals surface area contributed by atoms with Crippen molar-refractivity contribution in [2.24, 2.45) is 0 Å². The van der Waals surface area contributed by atoms with E-state index in [4.69, 9.17) is 11.6 Å². The number of nitrogens with zero attached hydrogens (tertiary/aromatic N) is 1. The average Bonchev–Trinajstić information content (AvgIpc) is 2.96. The number of rotatable bonds is 4. The van der Waals surface area contributed by atoms with Gasteiger partial charge in [0.25, 0.3) is 11.8 Å². The number of amides is 2. The van der Waals surface area contributed by atoms with E-state index in [9.17, 15) is 9.59 Å². The largest absolute Gasteiger partial charge is 0.350 e. The maximum absolute atomic E-state index is 13.6. The molecule has 0 saturated carbocycles. The van der Waals surface area contributed by atoms with E-state index in [2.05, 4.69) is 5.32 Å². The SMILES string of the molecule is Cc1ccc(C2=C(Nc3ccccc3C)C(=O)N(c3ccc(Cl)cc3C)C2=O)cc1C. The van der Waals surface area contributed by atoms with Gasteiger partial charge in [-0.3, -0.25) is 9.59 Å². The third-order valence-corrected chi connectivity index (χ3v) is 5.92. The predicted molar refractivity (Wildman–Crippen MR) is 126 cm³/mol. The second-order valence-electron chi connectivity index (χ2n) is 7.87. The van der Waals surface area contributed by atoms with Gasteiger partial charge in [-0.2, -0.15) is 0 Å². The Hall–Kier alpha value is -3.37. The number of aryl methyl sites for hydroxylation is 4. The summed E-state index contributed by atoms with van der Waals surface area (Å²) in [6.07, 6.45) is 0. The van der Waals surface area contributed by atoms with Gasteiger partial charge in [0.2, 0.25) is 0 Å². The van der Waals surface area contributed by atoms with E-state index >= 15 is 0 Å². The number of hydrogen-bond donors (Lipinski definition) is 1. The van der Waals surface area contributed by atoms with Crippen LogP contribution in [0.5, 0.6) is 0 Å². The molecule has 1 aliphatic heterocycles. The Morgan fingerprint density at radius 3 is 2.16 bits per heavy atom. The summed E-state index contributed by atoms with van der Waals surface area (Å²) in [5.41, 5.74) is 6.59. The number of para-hydroxylation sites is 1. The van der Waals surface area contributed by atoms with Gasteiger partial charge in [0.15, 0.2) is 0 Å². The minimum Gasteiger partial charge on any atom is -0.350 e. The number of anilines is 2. The maximum Gasteiger partial charge on any atom is 0.282 e. The van der Waals surface area contributed by atoms with Crippen LogP contribution in [0.3, 0.4) is 0 Å². The van der Waals surface area contributed by atoms with Crippen molar-refractivity contribution in [1.29, 1.82) is 0 Å². The van der Waals surface area contributed by atoms with Crippen LogP contribution in [-0.4, -0.2) is 11.8 Å². The van der Waals surface area contributed by atoms with E-state index in [1.54, 1.807) is 18.2 Å². The monoisotopic (exact) mass is 430 g/mol. The van der Waals surface area contributed by atoms with Gasteiger partial charge in [-0.05, 0) is 79.8 Å². The van der Waals surface area contributed by atoms with Crippen LogP contribution in [0.4, 0.5) is 11.4 Å². The van der Waals surface area contributed by atoms with Gasteiger partial charge in [-0.1, -0.05) is 48.0 Å². The second-order valence-corrected chi connectivity index (χ2v) is 8.30.